The molecule has 0 unspecified atom stereocenters. The van der Waals surface area contributed by atoms with Crippen LogP contribution in [0.1, 0.15) is 5.82 Å². The highest BCUT2D eigenvalue weighted by molar-refractivity contribution is 9.10. The van der Waals surface area contributed by atoms with E-state index in [0.717, 1.165) is 14.5 Å². The first-order valence-corrected chi connectivity index (χ1v) is 6.43. The molecule has 0 saturated carbocycles. The van der Waals surface area contributed by atoms with Crippen molar-refractivity contribution in [2.24, 2.45) is 0 Å². The van der Waals surface area contributed by atoms with Crippen LogP contribution in [0, 0.1) is 6.92 Å². The fourth-order valence-corrected chi connectivity index (χ4v) is 2.72. The van der Waals surface area contributed by atoms with Crippen LogP contribution >= 0.6 is 39.3 Å². The molecule has 2 heterocycles. The summed E-state index contributed by atoms with van der Waals surface area (Å²) >= 11 is 10.7. The lowest BCUT2D eigenvalue weighted by Crippen LogP contribution is -1.90. The van der Waals surface area contributed by atoms with Gasteiger partial charge in [0.1, 0.15) is 21.0 Å². The molecule has 0 aliphatic heterocycles. The van der Waals surface area contributed by atoms with Crippen molar-refractivity contribution in [3.05, 3.63) is 39.8 Å². The molecular formula is C10H7BrClN3S. The lowest BCUT2D eigenvalue weighted by atomic mass is 10.5. The van der Waals surface area contributed by atoms with Crippen LogP contribution in [0.25, 0.3) is 0 Å². The summed E-state index contributed by atoms with van der Waals surface area (Å²) in [5.41, 5.74) is 0. The molecule has 0 spiro atoms. The highest BCUT2D eigenvalue weighted by atomic mass is 79.9. The van der Waals surface area contributed by atoms with E-state index in [0.29, 0.717) is 11.0 Å². The van der Waals surface area contributed by atoms with E-state index >= 15 is 0 Å². The van der Waals surface area contributed by atoms with Crippen LogP contribution in [0.3, 0.4) is 0 Å². The number of rotatable bonds is 2. The Kier molecular flexibility index (Phi) is 3.78. The molecule has 2 aromatic rings. The summed E-state index contributed by atoms with van der Waals surface area (Å²) in [6.45, 7) is 1.81. The van der Waals surface area contributed by atoms with Gasteiger partial charge in [-0.25, -0.2) is 15.0 Å². The van der Waals surface area contributed by atoms with E-state index in [9.17, 15) is 0 Å². The van der Waals surface area contributed by atoms with Gasteiger partial charge < -0.3 is 0 Å². The maximum atomic E-state index is 5.86. The number of aryl methyl sites for hydroxylation is 1. The summed E-state index contributed by atoms with van der Waals surface area (Å²) in [6.07, 6.45) is 1.74. The van der Waals surface area contributed by atoms with Gasteiger partial charge in [0.25, 0.3) is 0 Å². The maximum absolute atomic E-state index is 5.86. The van der Waals surface area contributed by atoms with Crippen LogP contribution < -0.4 is 0 Å². The Morgan fingerprint density at radius 2 is 2.19 bits per heavy atom. The highest BCUT2D eigenvalue weighted by Crippen LogP contribution is 2.30. The number of pyridine rings is 1. The molecule has 0 amide bonds. The largest absolute Gasteiger partial charge is 0.248 e. The van der Waals surface area contributed by atoms with Crippen LogP contribution in [0.15, 0.2) is 38.9 Å². The second-order valence-electron chi connectivity index (χ2n) is 2.97. The third-order valence-electron chi connectivity index (χ3n) is 1.71. The van der Waals surface area contributed by atoms with Crippen molar-refractivity contribution in [2.75, 3.05) is 0 Å². The Morgan fingerprint density at radius 1 is 1.38 bits per heavy atom. The van der Waals surface area contributed by atoms with Gasteiger partial charge in [0.2, 0.25) is 0 Å². The zero-order valence-corrected chi connectivity index (χ0v) is 11.5. The van der Waals surface area contributed by atoms with Gasteiger partial charge in [0.15, 0.2) is 0 Å². The van der Waals surface area contributed by atoms with E-state index in [1.54, 1.807) is 12.3 Å². The average molecular weight is 317 g/mol. The van der Waals surface area contributed by atoms with Crippen molar-refractivity contribution >= 4 is 39.3 Å². The summed E-state index contributed by atoms with van der Waals surface area (Å²) in [4.78, 5) is 12.5. The molecule has 3 nitrogen and oxygen atoms in total. The molecule has 0 N–H and O–H groups in total. The lowest BCUT2D eigenvalue weighted by Gasteiger charge is -2.03. The van der Waals surface area contributed by atoms with Crippen molar-refractivity contribution in [2.45, 2.75) is 17.0 Å². The fraction of sp³-hybridized carbons (Fsp3) is 0.100. The predicted octanol–water partition coefficient (Wildman–Crippen LogP) is 3.75. The molecule has 0 aromatic carbocycles. The highest BCUT2D eigenvalue weighted by Gasteiger charge is 2.06. The molecule has 82 valence electrons. The number of aromatic nitrogens is 3. The quantitative estimate of drug-likeness (QED) is 0.791. The van der Waals surface area contributed by atoms with E-state index in [4.69, 9.17) is 11.6 Å². The van der Waals surface area contributed by atoms with Crippen molar-refractivity contribution in [1.29, 1.82) is 0 Å². The Labute approximate surface area is 111 Å². The van der Waals surface area contributed by atoms with Gasteiger partial charge in [-0.3, -0.25) is 0 Å². The molecular weight excluding hydrogens is 310 g/mol. The second-order valence-corrected chi connectivity index (χ2v) is 5.22. The Morgan fingerprint density at radius 3 is 2.88 bits per heavy atom. The summed E-state index contributed by atoms with van der Waals surface area (Å²) in [7, 11) is 0. The molecule has 0 saturated heterocycles. The van der Waals surface area contributed by atoms with Crippen molar-refractivity contribution in [1.82, 2.24) is 15.0 Å². The molecule has 2 rings (SSSR count). The first-order chi connectivity index (χ1) is 7.65. The molecule has 2 aromatic heterocycles. The normalized spacial score (nSPS) is 10.4. The van der Waals surface area contributed by atoms with E-state index in [1.807, 2.05) is 19.1 Å². The molecule has 16 heavy (non-hydrogen) atoms. The minimum atomic E-state index is 0.446. The molecule has 0 atom stereocenters. The molecule has 0 radical (unpaired) electrons. The zero-order valence-electron chi connectivity index (χ0n) is 8.32. The number of hydrogen-bond donors (Lipinski definition) is 0. The van der Waals surface area contributed by atoms with Gasteiger partial charge in [-0.1, -0.05) is 11.6 Å². The standard InChI is InChI=1S/C10H7BrClN3S/c1-6-14-8(12)5-9(15-6)16-10-7(11)3-2-4-13-10/h2-5H,1H3. The first kappa shape index (κ1) is 11.8. The van der Waals surface area contributed by atoms with E-state index in [2.05, 4.69) is 30.9 Å². The summed E-state index contributed by atoms with van der Waals surface area (Å²) in [5.74, 6) is 0.655. The zero-order chi connectivity index (χ0) is 11.5. The lowest BCUT2D eigenvalue weighted by molar-refractivity contribution is 0.963. The van der Waals surface area contributed by atoms with Gasteiger partial charge >= 0.3 is 0 Å². The summed E-state index contributed by atoms with van der Waals surface area (Å²) in [5, 5.41) is 2.09. The van der Waals surface area contributed by atoms with Crippen molar-refractivity contribution in [3.8, 4) is 0 Å². The summed E-state index contributed by atoms with van der Waals surface area (Å²) in [6, 6.07) is 5.53. The van der Waals surface area contributed by atoms with Crippen LogP contribution in [-0.4, -0.2) is 15.0 Å². The average Bonchev–Trinajstić information content (AvgIpc) is 2.20. The SMILES string of the molecule is Cc1nc(Cl)cc(Sc2ncccc2Br)n1. The Hall–Kier alpha value is -0.650. The first-order valence-electron chi connectivity index (χ1n) is 4.45. The molecule has 0 aliphatic carbocycles. The maximum Gasteiger partial charge on any atom is 0.133 e. The van der Waals surface area contributed by atoms with Crippen LogP contribution in [0.5, 0.6) is 0 Å². The van der Waals surface area contributed by atoms with Gasteiger partial charge in [0.05, 0.1) is 4.47 Å². The van der Waals surface area contributed by atoms with Crippen LogP contribution in [0.4, 0.5) is 0 Å². The van der Waals surface area contributed by atoms with Crippen molar-refractivity contribution in [3.63, 3.8) is 0 Å². The second kappa shape index (κ2) is 5.12. The predicted molar refractivity (Wildman–Crippen MR) is 67.8 cm³/mol. The number of hydrogen-bond acceptors (Lipinski definition) is 4. The van der Waals surface area contributed by atoms with Gasteiger partial charge in [-0.05, 0) is 46.7 Å². The Bertz CT molecular complexity index is 501. The van der Waals surface area contributed by atoms with E-state index in [-0.39, 0.29) is 0 Å². The van der Waals surface area contributed by atoms with Gasteiger partial charge in [-0.15, -0.1) is 0 Å². The monoisotopic (exact) mass is 315 g/mol. The number of nitrogens with zero attached hydrogens (tertiary/aromatic N) is 3. The van der Waals surface area contributed by atoms with Crippen molar-refractivity contribution < 1.29 is 0 Å². The number of halogens is 2. The smallest absolute Gasteiger partial charge is 0.133 e. The third kappa shape index (κ3) is 2.93. The topological polar surface area (TPSA) is 38.7 Å². The Balaban J connectivity index is 2.30. The third-order valence-corrected chi connectivity index (χ3v) is 3.74. The van der Waals surface area contributed by atoms with Crippen LogP contribution in [-0.2, 0) is 0 Å². The fourth-order valence-electron chi connectivity index (χ4n) is 1.10. The minimum Gasteiger partial charge on any atom is -0.248 e. The molecule has 0 aliphatic rings. The minimum absolute atomic E-state index is 0.446. The molecule has 6 heteroatoms. The van der Waals surface area contributed by atoms with Gasteiger partial charge in [-0.2, -0.15) is 0 Å². The van der Waals surface area contributed by atoms with E-state index < -0.39 is 0 Å². The molecule has 0 bridgehead atoms. The molecule has 0 fully saturated rings. The van der Waals surface area contributed by atoms with Gasteiger partial charge in [0, 0.05) is 12.3 Å². The summed E-state index contributed by atoms with van der Waals surface area (Å²) < 4.78 is 0.937. The van der Waals surface area contributed by atoms with Crippen LogP contribution in [0.2, 0.25) is 5.15 Å². The van der Waals surface area contributed by atoms with E-state index in [1.165, 1.54) is 11.8 Å².